The minimum atomic E-state index is -0.530. The Morgan fingerprint density at radius 2 is 1.95 bits per heavy atom. The largest absolute Gasteiger partial charge is 0.398 e. The SMILES string of the molecule is Nc1ccc(F)cc1C(=O)NC(CO)Cc1ccccc1. The monoisotopic (exact) mass is 288 g/mol. The number of hydrogen-bond acceptors (Lipinski definition) is 3. The number of anilines is 1. The molecule has 4 nitrogen and oxygen atoms in total. The first-order chi connectivity index (χ1) is 10.1. The summed E-state index contributed by atoms with van der Waals surface area (Å²) in [5.41, 5.74) is 6.93. The number of carbonyl (C=O) groups excluding carboxylic acids is 1. The molecule has 0 bridgehead atoms. The van der Waals surface area contributed by atoms with Gasteiger partial charge >= 0.3 is 0 Å². The molecule has 0 aromatic heterocycles. The fraction of sp³-hybridized carbons (Fsp3) is 0.188. The van der Waals surface area contributed by atoms with Gasteiger partial charge in [-0.15, -0.1) is 0 Å². The third-order valence-electron chi connectivity index (χ3n) is 3.14. The molecule has 0 heterocycles. The van der Waals surface area contributed by atoms with Gasteiger partial charge in [-0.1, -0.05) is 30.3 Å². The Kier molecular flexibility index (Phi) is 4.90. The summed E-state index contributed by atoms with van der Waals surface area (Å²) in [6.07, 6.45) is 0.484. The highest BCUT2D eigenvalue weighted by atomic mass is 19.1. The van der Waals surface area contributed by atoms with Crippen molar-refractivity contribution < 1.29 is 14.3 Å². The summed E-state index contributed by atoms with van der Waals surface area (Å²) in [5, 5.41) is 12.1. The number of hydrogen-bond donors (Lipinski definition) is 3. The van der Waals surface area contributed by atoms with Crippen molar-refractivity contribution in [2.45, 2.75) is 12.5 Å². The van der Waals surface area contributed by atoms with Crippen molar-refractivity contribution in [1.82, 2.24) is 5.32 Å². The average Bonchev–Trinajstić information content (AvgIpc) is 2.50. The molecule has 1 atom stereocenters. The number of aliphatic hydroxyl groups excluding tert-OH is 1. The van der Waals surface area contributed by atoms with Gasteiger partial charge in [-0.05, 0) is 30.2 Å². The molecule has 0 aliphatic carbocycles. The van der Waals surface area contributed by atoms with Crippen LogP contribution in [0.2, 0.25) is 0 Å². The summed E-state index contributed by atoms with van der Waals surface area (Å²) in [7, 11) is 0. The number of nitrogens with one attached hydrogen (secondary N) is 1. The van der Waals surface area contributed by atoms with Gasteiger partial charge in [0.2, 0.25) is 0 Å². The van der Waals surface area contributed by atoms with Gasteiger partial charge < -0.3 is 16.2 Å². The maximum atomic E-state index is 13.2. The number of amides is 1. The standard InChI is InChI=1S/C16H17FN2O2/c17-12-6-7-15(18)14(9-12)16(21)19-13(10-20)8-11-4-2-1-3-5-11/h1-7,9,13,20H,8,10,18H2,(H,19,21). The molecule has 0 spiro atoms. The van der Waals surface area contributed by atoms with Crippen molar-refractivity contribution in [3.8, 4) is 0 Å². The van der Waals surface area contributed by atoms with Crippen LogP contribution in [0.25, 0.3) is 0 Å². The number of benzene rings is 2. The Morgan fingerprint density at radius 1 is 1.24 bits per heavy atom. The lowest BCUT2D eigenvalue weighted by atomic mass is 10.1. The fourth-order valence-corrected chi connectivity index (χ4v) is 2.05. The van der Waals surface area contributed by atoms with Crippen LogP contribution in [0, 0.1) is 5.82 Å². The van der Waals surface area contributed by atoms with E-state index in [9.17, 15) is 14.3 Å². The van der Waals surface area contributed by atoms with E-state index in [1.807, 2.05) is 30.3 Å². The summed E-state index contributed by atoms with van der Waals surface area (Å²) < 4.78 is 13.2. The van der Waals surface area contributed by atoms with Gasteiger partial charge in [0.25, 0.3) is 5.91 Å². The molecule has 1 unspecified atom stereocenters. The molecule has 5 heteroatoms. The highest BCUT2D eigenvalue weighted by Gasteiger charge is 2.16. The fourth-order valence-electron chi connectivity index (χ4n) is 2.05. The lowest BCUT2D eigenvalue weighted by Crippen LogP contribution is -2.39. The van der Waals surface area contributed by atoms with Crippen molar-refractivity contribution in [2.75, 3.05) is 12.3 Å². The first kappa shape index (κ1) is 15.0. The molecule has 110 valence electrons. The number of aliphatic hydroxyl groups is 1. The Bertz CT molecular complexity index is 617. The number of nitrogens with two attached hydrogens (primary N) is 1. The molecular formula is C16H17FN2O2. The smallest absolute Gasteiger partial charge is 0.253 e. The second kappa shape index (κ2) is 6.85. The quantitative estimate of drug-likeness (QED) is 0.734. The zero-order chi connectivity index (χ0) is 15.2. The average molecular weight is 288 g/mol. The minimum absolute atomic E-state index is 0.0708. The van der Waals surface area contributed by atoms with E-state index in [0.717, 1.165) is 11.6 Å². The number of rotatable bonds is 5. The van der Waals surface area contributed by atoms with Gasteiger partial charge in [-0.3, -0.25) is 4.79 Å². The third kappa shape index (κ3) is 4.03. The van der Waals surface area contributed by atoms with Crippen molar-refractivity contribution >= 4 is 11.6 Å². The zero-order valence-electron chi connectivity index (χ0n) is 11.4. The normalized spacial score (nSPS) is 11.9. The van der Waals surface area contributed by atoms with E-state index >= 15 is 0 Å². The Hall–Kier alpha value is -2.40. The summed E-state index contributed by atoms with van der Waals surface area (Å²) in [4.78, 5) is 12.1. The van der Waals surface area contributed by atoms with Gasteiger partial charge in [0, 0.05) is 5.69 Å². The summed E-state index contributed by atoms with van der Waals surface area (Å²) in [6.45, 7) is -0.212. The molecule has 0 fully saturated rings. The van der Waals surface area contributed by atoms with Crippen LogP contribution in [-0.2, 0) is 6.42 Å². The van der Waals surface area contributed by atoms with Crippen molar-refractivity contribution in [2.24, 2.45) is 0 Å². The van der Waals surface area contributed by atoms with E-state index in [4.69, 9.17) is 5.73 Å². The van der Waals surface area contributed by atoms with E-state index in [1.165, 1.54) is 12.1 Å². The zero-order valence-corrected chi connectivity index (χ0v) is 11.4. The van der Waals surface area contributed by atoms with Crippen LogP contribution >= 0.6 is 0 Å². The van der Waals surface area contributed by atoms with Crippen LogP contribution in [0.3, 0.4) is 0 Å². The Labute approximate surface area is 122 Å². The molecule has 0 saturated heterocycles. The lowest BCUT2D eigenvalue weighted by Gasteiger charge is -2.17. The van der Waals surface area contributed by atoms with Crippen LogP contribution in [0.4, 0.5) is 10.1 Å². The van der Waals surface area contributed by atoms with E-state index in [0.29, 0.717) is 6.42 Å². The van der Waals surface area contributed by atoms with Crippen LogP contribution in [0.15, 0.2) is 48.5 Å². The van der Waals surface area contributed by atoms with E-state index in [2.05, 4.69) is 5.32 Å². The maximum Gasteiger partial charge on any atom is 0.253 e. The highest BCUT2D eigenvalue weighted by molar-refractivity contribution is 5.99. The molecule has 0 saturated carbocycles. The Morgan fingerprint density at radius 3 is 2.62 bits per heavy atom. The summed E-state index contributed by atoms with van der Waals surface area (Å²) in [5.74, 6) is -1.03. The van der Waals surface area contributed by atoms with E-state index in [1.54, 1.807) is 0 Å². The molecule has 0 aliphatic rings. The second-order valence-corrected chi connectivity index (χ2v) is 4.77. The second-order valence-electron chi connectivity index (χ2n) is 4.77. The minimum Gasteiger partial charge on any atom is -0.398 e. The molecule has 0 aliphatic heterocycles. The van der Waals surface area contributed by atoms with Gasteiger partial charge in [0.05, 0.1) is 18.2 Å². The van der Waals surface area contributed by atoms with Crippen LogP contribution in [0.1, 0.15) is 15.9 Å². The van der Waals surface area contributed by atoms with Crippen molar-refractivity contribution in [1.29, 1.82) is 0 Å². The first-order valence-corrected chi connectivity index (χ1v) is 6.61. The van der Waals surface area contributed by atoms with Crippen LogP contribution in [-0.4, -0.2) is 23.7 Å². The van der Waals surface area contributed by atoms with Gasteiger partial charge in [0.15, 0.2) is 0 Å². The molecule has 4 N–H and O–H groups in total. The van der Waals surface area contributed by atoms with E-state index < -0.39 is 17.8 Å². The molecule has 0 radical (unpaired) electrons. The highest BCUT2D eigenvalue weighted by Crippen LogP contribution is 2.13. The molecule has 2 aromatic rings. The van der Waals surface area contributed by atoms with Crippen LogP contribution in [0.5, 0.6) is 0 Å². The number of carbonyl (C=O) groups is 1. The number of nitrogen functional groups attached to an aromatic ring is 1. The molecule has 21 heavy (non-hydrogen) atoms. The molecule has 1 amide bonds. The molecule has 2 rings (SSSR count). The molecule has 2 aromatic carbocycles. The van der Waals surface area contributed by atoms with Crippen molar-refractivity contribution in [3.05, 3.63) is 65.5 Å². The first-order valence-electron chi connectivity index (χ1n) is 6.61. The Balaban J connectivity index is 2.07. The van der Waals surface area contributed by atoms with Crippen LogP contribution < -0.4 is 11.1 Å². The topological polar surface area (TPSA) is 75.4 Å². The van der Waals surface area contributed by atoms with Gasteiger partial charge in [0.1, 0.15) is 5.82 Å². The maximum absolute atomic E-state index is 13.2. The van der Waals surface area contributed by atoms with E-state index in [-0.39, 0.29) is 17.9 Å². The summed E-state index contributed by atoms with van der Waals surface area (Å²) >= 11 is 0. The molecular weight excluding hydrogens is 271 g/mol. The van der Waals surface area contributed by atoms with Gasteiger partial charge in [-0.25, -0.2) is 4.39 Å². The summed E-state index contributed by atoms with van der Waals surface area (Å²) in [6, 6.07) is 12.6. The predicted molar refractivity (Wildman–Crippen MR) is 79.3 cm³/mol. The predicted octanol–water partition coefficient (Wildman–Crippen LogP) is 1.74. The number of halogens is 1. The lowest BCUT2D eigenvalue weighted by molar-refractivity contribution is 0.0917. The van der Waals surface area contributed by atoms with Crippen molar-refractivity contribution in [3.63, 3.8) is 0 Å². The third-order valence-corrected chi connectivity index (χ3v) is 3.14. The van der Waals surface area contributed by atoms with Gasteiger partial charge in [-0.2, -0.15) is 0 Å².